The molecule has 11 heteroatoms. The molecule has 0 bridgehead atoms. The molecule has 0 unspecified atom stereocenters. The van der Waals surface area contributed by atoms with Gasteiger partial charge in [-0.15, -0.1) is 0 Å². The van der Waals surface area contributed by atoms with Gasteiger partial charge in [-0.1, -0.05) is 31.6 Å². The number of β-amino-alcohol motifs (C(OH)–C–C–N with tert-alkyl or cyclic N) is 1. The van der Waals surface area contributed by atoms with Crippen LogP contribution in [0.25, 0.3) is 6.08 Å². The summed E-state index contributed by atoms with van der Waals surface area (Å²) in [5.74, 6) is -1.20. The average molecular weight is 645 g/mol. The molecular formula is C35H53FN4O6. The lowest BCUT2D eigenvalue weighted by molar-refractivity contribution is -0.111. The van der Waals surface area contributed by atoms with Crippen molar-refractivity contribution in [1.82, 2.24) is 14.7 Å². The van der Waals surface area contributed by atoms with E-state index in [9.17, 15) is 29.0 Å². The number of allylic oxidation sites excluding steroid dienone is 2. The first-order chi connectivity index (χ1) is 22.0. The van der Waals surface area contributed by atoms with Crippen molar-refractivity contribution >= 4 is 30.4 Å². The molecule has 46 heavy (non-hydrogen) atoms. The Hall–Kier alpha value is -3.12. The molecule has 2 fully saturated rings. The summed E-state index contributed by atoms with van der Waals surface area (Å²) < 4.78 is 20.7. The third-order valence-electron chi connectivity index (χ3n) is 9.18. The second kappa shape index (κ2) is 18.9. The summed E-state index contributed by atoms with van der Waals surface area (Å²) in [6, 6.07) is 4.93. The number of aldehydes is 2. The molecular weight excluding hydrogens is 591 g/mol. The number of halogens is 1. The normalized spacial score (nSPS) is 20.3. The minimum atomic E-state index is -0.747. The monoisotopic (exact) mass is 644 g/mol. The van der Waals surface area contributed by atoms with Crippen molar-refractivity contribution in [3.63, 3.8) is 0 Å². The van der Waals surface area contributed by atoms with E-state index in [1.54, 1.807) is 4.90 Å². The van der Waals surface area contributed by atoms with E-state index >= 15 is 0 Å². The van der Waals surface area contributed by atoms with Gasteiger partial charge in [-0.05, 0) is 68.5 Å². The number of aliphatic hydroxyl groups is 2. The Kier molecular flexibility index (Phi) is 15.3. The van der Waals surface area contributed by atoms with Crippen LogP contribution in [0.1, 0.15) is 45.6 Å². The number of hydrogen-bond acceptors (Lipinski definition) is 9. The predicted octanol–water partition coefficient (Wildman–Crippen LogP) is 3.47. The number of aliphatic hydroxyl groups excluding tert-OH is 2. The third kappa shape index (κ3) is 11.6. The molecule has 0 aliphatic carbocycles. The summed E-state index contributed by atoms with van der Waals surface area (Å²) in [6.45, 7) is 12.2. The molecule has 5 atom stereocenters. The Morgan fingerprint density at radius 3 is 2.33 bits per heavy atom. The van der Waals surface area contributed by atoms with Gasteiger partial charge < -0.3 is 39.2 Å². The van der Waals surface area contributed by atoms with Gasteiger partial charge in [0, 0.05) is 76.9 Å². The van der Waals surface area contributed by atoms with Crippen molar-refractivity contribution in [2.24, 2.45) is 17.8 Å². The van der Waals surface area contributed by atoms with E-state index in [0.717, 1.165) is 56.8 Å². The van der Waals surface area contributed by atoms with E-state index in [4.69, 9.17) is 4.74 Å². The SMILES string of the molecule is C/C(=C\c1cc(F)cc(N2CCN(CCO)CC2)c1)[C@@H](C=O)[C@@H](C)/C=C/[C@H](OC(=O)N1CCN(C)CC1)[C@@H](C)CC[C@@H](O)CC=O. The largest absolute Gasteiger partial charge is 0.442 e. The van der Waals surface area contributed by atoms with Crippen LogP contribution in [0.2, 0.25) is 0 Å². The summed E-state index contributed by atoms with van der Waals surface area (Å²) in [7, 11) is 2.01. The molecule has 2 aliphatic heterocycles. The molecule has 2 N–H and O–H groups in total. The maximum atomic E-state index is 14.7. The number of anilines is 1. The smallest absolute Gasteiger partial charge is 0.410 e. The predicted molar refractivity (Wildman–Crippen MR) is 178 cm³/mol. The van der Waals surface area contributed by atoms with Gasteiger partial charge in [0.15, 0.2) is 0 Å². The van der Waals surface area contributed by atoms with Gasteiger partial charge in [0.1, 0.15) is 24.5 Å². The molecule has 10 nitrogen and oxygen atoms in total. The highest BCUT2D eigenvalue weighted by molar-refractivity contribution is 5.69. The number of nitrogens with zero attached hydrogens (tertiary/aromatic N) is 4. The van der Waals surface area contributed by atoms with Gasteiger partial charge in [0.2, 0.25) is 0 Å². The van der Waals surface area contributed by atoms with Crippen LogP contribution in [0, 0.1) is 23.6 Å². The third-order valence-corrected chi connectivity index (χ3v) is 9.18. The summed E-state index contributed by atoms with van der Waals surface area (Å²) in [4.78, 5) is 44.4. The van der Waals surface area contributed by atoms with Gasteiger partial charge in [0.05, 0.1) is 12.7 Å². The van der Waals surface area contributed by atoms with Crippen LogP contribution in [0.15, 0.2) is 35.9 Å². The fourth-order valence-electron chi connectivity index (χ4n) is 6.02. The number of ether oxygens (including phenoxy) is 1. The molecule has 0 saturated carbocycles. The number of likely N-dealkylation sites (N-methyl/N-ethyl adjacent to an activating group) is 1. The molecule has 256 valence electrons. The Morgan fingerprint density at radius 1 is 1.00 bits per heavy atom. The zero-order valence-corrected chi connectivity index (χ0v) is 27.9. The fraction of sp³-hybridized carbons (Fsp3) is 0.629. The molecule has 2 saturated heterocycles. The quantitative estimate of drug-likeness (QED) is 0.206. The number of amides is 1. The zero-order valence-electron chi connectivity index (χ0n) is 27.9. The number of piperazine rings is 2. The lowest BCUT2D eigenvalue weighted by atomic mass is 9.86. The van der Waals surface area contributed by atoms with Crippen LogP contribution < -0.4 is 4.90 Å². The zero-order chi connectivity index (χ0) is 33.6. The molecule has 1 aromatic carbocycles. The van der Waals surface area contributed by atoms with Crippen LogP contribution in [0.5, 0.6) is 0 Å². The van der Waals surface area contributed by atoms with Gasteiger partial charge >= 0.3 is 6.09 Å². The van der Waals surface area contributed by atoms with E-state index in [1.807, 2.05) is 52.1 Å². The maximum absolute atomic E-state index is 14.7. The molecule has 2 aliphatic rings. The highest BCUT2D eigenvalue weighted by Crippen LogP contribution is 2.27. The van der Waals surface area contributed by atoms with Crippen LogP contribution in [-0.2, 0) is 14.3 Å². The van der Waals surface area contributed by atoms with Gasteiger partial charge in [-0.2, -0.15) is 0 Å². The fourth-order valence-corrected chi connectivity index (χ4v) is 6.02. The number of hydrogen-bond donors (Lipinski definition) is 2. The van der Waals surface area contributed by atoms with Crippen molar-refractivity contribution < 1.29 is 33.7 Å². The van der Waals surface area contributed by atoms with E-state index in [2.05, 4.69) is 14.7 Å². The highest BCUT2D eigenvalue weighted by atomic mass is 19.1. The van der Waals surface area contributed by atoms with Crippen molar-refractivity contribution in [2.75, 3.05) is 77.5 Å². The molecule has 0 aromatic heterocycles. The average Bonchev–Trinajstić information content (AvgIpc) is 3.02. The van der Waals surface area contributed by atoms with Gasteiger partial charge in [0.25, 0.3) is 0 Å². The molecule has 1 amide bonds. The van der Waals surface area contributed by atoms with Crippen molar-refractivity contribution in [3.8, 4) is 0 Å². The lowest BCUT2D eigenvalue weighted by Crippen LogP contribution is -2.48. The molecule has 0 radical (unpaired) electrons. The Bertz CT molecular complexity index is 1180. The van der Waals surface area contributed by atoms with E-state index in [0.29, 0.717) is 44.3 Å². The first-order valence-corrected chi connectivity index (χ1v) is 16.5. The number of benzene rings is 1. The van der Waals surface area contributed by atoms with Gasteiger partial charge in [-0.3, -0.25) is 4.90 Å². The van der Waals surface area contributed by atoms with Crippen LogP contribution in [-0.4, -0.2) is 128 Å². The minimum absolute atomic E-state index is 0.0615. The Morgan fingerprint density at radius 2 is 1.70 bits per heavy atom. The molecule has 3 rings (SSSR count). The molecule has 1 aromatic rings. The summed E-state index contributed by atoms with van der Waals surface area (Å²) in [5, 5.41) is 19.3. The van der Waals surface area contributed by atoms with Crippen molar-refractivity contribution in [1.29, 1.82) is 0 Å². The van der Waals surface area contributed by atoms with Gasteiger partial charge in [-0.25, -0.2) is 9.18 Å². The number of carbonyl (C=O) groups excluding carboxylic acids is 3. The summed E-state index contributed by atoms with van der Waals surface area (Å²) >= 11 is 0. The van der Waals surface area contributed by atoms with E-state index in [1.165, 1.54) is 12.1 Å². The summed E-state index contributed by atoms with van der Waals surface area (Å²) in [6.07, 6.45) is 6.44. The van der Waals surface area contributed by atoms with Crippen LogP contribution >= 0.6 is 0 Å². The van der Waals surface area contributed by atoms with Crippen molar-refractivity contribution in [3.05, 3.63) is 47.3 Å². The molecule has 2 heterocycles. The number of rotatable bonds is 16. The summed E-state index contributed by atoms with van der Waals surface area (Å²) in [5.41, 5.74) is 2.25. The van der Waals surface area contributed by atoms with Crippen molar-refractivity contribution in [2.45, 2.75) is 52.2 Å². The van der Waals surface area contributed by atoms with Crippen LogP contribution in [0.3, 0.4) is 0 Å². The second-order valence-electron chi connectivity index (χ2n) is 12.8. The van der Waals surface area contributed by atoms with E-state index < -0.39 is 24.2 Å². The Labute approximate surface area is 273 Å². The second-order valence-corrected chi connectivity index (χ2v) is 12.8. The Balaban J connectivity index is 1.73. The minimum Gasteiger partial charge on any atom is -0.442 e. The van der Waals surface area contributed by atoms with E-state index in [-0.39, 0.29) is 30.7 Å². The topological polar surface area (TPSA) is 114 Å². The lowest BCUT2D eigenvalue weighted by Gasteiger charge is -2.36. The number of carbonyl (C=O) groups is 3. The van der Waals surface area contributed by atoms with Crippen LogP contribution in [0.4, 0.5) is 14.9 Å². The standard InChI is InChI=1S/C35H53FN4O6/c1-26(6-8-34(27(2)5-7-32(44)9-19-41)46-35(45)40-14-10-37(4)11-15-40)33(25-43)28(3)21-29-22-30(36)24-31(23-29)39-16-12-38(13-17-39)18-20-42/h6,8,19,21-27,32-34,42,44H,5,7,9-18,20H2,1-4H3/b8-6+,28-21+/t26-,27-,32+,33-,34-/m0/s1. The first-order valence-electron chi connectivity index (χ1n) is 16.5. The first kappa shape index (κ1) is 37.3. The maximum Gasteiger partial charge on any atom is 0.410 e. The highest BCUT2D eigenvalue weighted by Gasteiger charge is 2.27. The molecule has 0 spiro atoms.